The first-order valence-corrected chi connectivity index (χ1v) is 5.74. The van der Waals surface area contributed by atoms with Crippen LogP contribution < -0.4 is 0 Å². The van der Waals surface area contributed by atoms with E-state index in [4.69, 9.17) is 0 Å². The highest BCUT2D eigenvalue weighted by Crippen LogP contribution is 2.04. The maximum absolute atomic E-state index is 11.0. The normalized spacial score (nSPS) is 21.1. The summed E-state index contributed by atoms with van der Waals surface area (Å²) in [6, 6.07) is 0. The lowest BCUT2D eigenvalue weighted by atomic mass is 10.3. The first-order chi connectivity index (χ1) is 5.83. The van der Waals surface area contributed by atoms with Crippen molar-refractivity contribution in [2.45, 2.75) is 12.8 Å². The Kier molecular flexibility index (Phi) is 4.65. The van der Waals surface area contributed by atoms with Gasteiger partial charge >= 0.3 is 0 Å². The molecule has 0 bridgehead atoms. The molecular formula is C8H14NO2S. The first kappa shape index (κ1) is 10.0. The lowest BCUT2D eigenvalue weighted by Crippen LogP contribution is -2.40. The van der Waals surface area contributed by atoms with Crippen LogP contribution in [0.25, 0.3) is 0 Å². The molecule has 1 aliphatic rings. The van der Waals surface area contributed by atoms with E-state index < -0.39 is 11.2 Å². The standard InChI is InChI=1S/C8H14NO2S/c10-6-2-1-3-9-4-7-12(11)8-5-9/h1-5,7-8H2. The second kappa shape index (κ2) is 5.56. The average Bonchev–Trinajstić information content (AvgIpc) is 2.09. The van der Waals surface area contributed by atoms with Crippen molar-refractivity contribution in [1.82, 2.24) is 4.90 Å². The molecule has 4 heteroatoms. The number of carbonyl (C=O) groups excluding carboxylic acids is 1. The number of hydrogen-bond donors (Lipinski definition) is 0. The van der Waals surface area contributed by atoms with Crippen molar-refractivity contribution in [2.75, 3.05) is 31.1 Å². The van der Waals surface area contributed by atoms with E-state index in [1.165, 1.54) is 0 Å². The molecule has 0 unspecified atom stereocenters. The topological polar surface area (TPSA) is 43.4 Å². The van der Waals surface area contributed by atoms with Gasteiger partial charge in [0.1, 0.15) is 11.5 Å². The monoisotopic (exact) mass is 188 g/mol. The minimum Gasteiger partial charge on any atom is -0.616 e. The summed E-state index contributed by atoms with van der Waals surface area (Å²) >= 11 is -0.587. The molecular weight excluding hydrogens is 174 g/mol. The Morgan fingerprint density at radius 1 is 1.42 bits per heavy atom. The van der Waals surface area contributed by atoms with Crippen molar-refractivity contribution < 1.29 is 9.35 Å². The molecule has 0 aromatic heterocycles. The van der Waals surface area contributed by atoms with Crippen LogP contribution in [0.1, 0.15) is 12.8 Å². The molecule has 12 heavy (non-hydrogen) atoms. The average molecular weight is 188 g/mol. The minimum absolute atomic E-state index is 0.527. The summed E-state index contributed by atoms with van der Waals surface area (Å²) in [6.07, 6.45) is 3.29. The van der Waals surface area contributed by atoms with E-state index >= 15 is 0 Å². The smallest absolute Gasteiger partial charge is 0.198 e. The van der Waals surface area contributed by atoms with Gasteiger partial charge < -0.3 is 4.55 Å². The van der Waals surface area contributed by atoms with Crippen LogP contribution in [0.15, 0.2) is 0 Å². The van der Waals surface area contributed by atoms with Gasteiger partial charge in [-0.05, 0) is 13.0 Å². The SMILES string of the molecule is O=[C]CCCN1CC[S+]([O-])CC1. The summed E-state index contributed by atoms with van der Waals surface area (Å²) < 4.78 is 11.0. The van der Waals surface area contributed by atoms with Crippen LogP contribution in [0.4, 0.5) is 0 Å². The summed E-state index contributed by atoms with van der Waals surface area (Å²) in [6.45, 7) is 2.80. The summed E-state index contributed by atoms with van der Waals surface area (Å²) in [4.78, 5) is 12.2. The fourth-order valence-corrected chi connectivity index (χ4v) is 2.40. The third-order valence-corrected chi connectivity index (χ3v) is 3.30. The molecule has 0 spiro atoms. The van der Waals surface area contributed by atoms with Gasteiger partial charge in [-0.15, -0.1) is 0 Å². The zero-order chi connectivity index (χ0) is 8.81. The predicted octanol–water partition coefficient (Wildman–Crippen LogP) is -0.0594. The number of unbranched alkanes of at least 4 members (excludes halogenated alkanes) is 1. The lowest BCUT2D eigenvalue weighted by Gasteiger charge is -2.27. The molecule has 0 aromatic rings. The van der Waals surface area contributed by atoms with Crippen molar-refractivity contribution in [2.24, 2.45) is 0 Å². The second-order valence-electron chi connectivity index (χ2n) is 2.94. The molecule has 1 radical (unpaired) electrons. The highest BCUT2D eigenvalue weighted by molar-refractivity contribution is 7.91. The van der Waals surface area contributed by atoms with E-state index in [0.717, 1.165) is 37.6 Å². The zero-order valence-corrected chi connectivity index (χ0v) is 7.94. The number of rotatable bonds is 4. The third-order valence-electron chi connectivity index (χ3n) is 2.02. The predicted molar refractivity (Wildman–Crippen MR) is 49.2 cm³/mol. The van der Waals surface area contributed by atoms with Crippen molar-refractivity contribution in [3.8, 4) is 0 Å². The van der Waals surface area contributed by atoms with Gasteiger partial charge in [-0.3, -0.25) is 9.69 Å². The molecule has 1 aliphatic heterocycles. The van der Waals surface area contributed by atoms with Gasteiger partial charge in [-0.2, -0.15) is 0 Å². The van der Waals surface area contributed by atoms with Crippen LogP contribution in [0.3, 0.4) is 0 Å². The Balaban J connectivity index is 2.05. The van der Waals surface area contributed by atoms with E-state index in [9.17, 15) is 9.35 Å². The van der Waals surface area contributed by atoms with E-state index in [0.29, 0.717) is 6.42 Å². The molecule has 1 heterocycles. The molecule has 3 nitrogen and oxygen atoms in total. The Morgan fingerprint density at radius 2 is 2.08 bits per heavy atom. The van der Waals surface area contributed by atoms with Crippen molar-refractivity contribution in [3.63, 3.8) is 0 Å². The fraction of sp³-hybridized carbons (Fsp3) is 0.875. The Labute approximate surface area is 76.3 Å². The molecule has 1 fully saturated rings. The maximum atomic E-state index is 11.0. The number of nitrogens with zero attached hydrogens (tertiary/aromatic N) is 1. The van der Waals surface area contributed by atoms with Gasteiger partial charge in [0.25, 0.3) is 0 Å². The molecule has 0 N–H and O–H groups in total. The summed E-state index contributed by atoms with van der Waals surface area (Å²) in [5.74, 6) is 1.59. The molecule has 0 amide bonds. The van der Waals surface area contributed by atoms with Crippen LogP contribution >= 0.6 is 0 Å². The van der Waals surface area contributed by atoms with Crippen LogP contribution in [0.2, 0.25) is 0 Å². The molecule has 0 aromatic carbocycles. The third kappa shape index (κ3) is 3.56. The zero-order valence-electron chi connectivity index (χ0n) is 7.12. The molecule has 1 saturated heterocycles. The summed E-state index contributed by atoms with van der Waals surface area (Å²) in [5.41, 5.74) is 0. The minimum atomic E-state index is -0.587. The van der Waals surface area contributed by atoms with Gasteiger partial charge in [0, 0.05) is 19.5 Å². The Morgan fingerprint density at radius 3 is 2.67 bits per heavy atom. The van der Waals surface area contributed by atoms with E-state index in [1.807, 2.05) is 6.29 Å². The van der Waals surface area contributed by atoms with Gasteiger partial charge in [-0.1, -0.05) is 11.2 Å². The van der Waals surface area contributed by atoms with Crippen molar-refractivity contribution in [1.29, 1.82) is 0 Å². The van der Waals surface area contributed by atoms with Crippen molar-refractivity contribution >= 4 is 17.5 Å². The van der Waals surface area contributed by atoms with Gasteiger partial charge in [0.05, 0.1) is 0 Å². The Hall–Kier alpha value is -0.0600. The van der Waals surface area contributed by atoms with Crippen molar-refractivity contribution in [3.05, 3.63) is 0 Å². The second-order valence-corrected chi connectivity index (χ2v) is 4.63. The maximum Gasteiger partial charge on any atom is 0.198 e. The molecule has 0 atom stereocenters. The van der Waals surface area contributed by atoms with Gasteiger partial charge in [0.15, 0.2) is 6.29 Å². The largest absolute Gasteiger partial charge is 0.616 e. The Bertz CT molecular complexity index is 135. The van der Waals surface area contributed by atoms with Crippen LogP contribution in [-0.2, 0) is 16.0 Å². The first-order valence-electron chi connectivity index (χ1n) is 4.25. The highest BCUT2D eigenvalue weighted by atomic mass is 32.2. The van der Waals surface area contributed by atoms with Crippen LogP contribution in [0, 0.1) is 0 Å². The molecule has 0 aliphatic carbocycles. The summed E-state index contributed by atoms with van der Waals surface area (Å²) in [7, 11) is 0. The highest BCUT2D eigenvalue weighted by Gasteiger charge is 2.18. The van der Waals surface area contributed by atoms with Crippen LogP contribution in [0.5, 0.6) is 0 Å². The van der Waals surface area contributed by atoms with E-state index in [1.54, 1.807) is 0 Å². The molecule has 1 rings (SSSR count). The van der Waals surface area contributed by atoms with E-state index in [-0.39, 0.29) is 0 Å². The van der Waals surface area contributed by atoms with Gasteiger partial charge in [0.2, 0.25) is 0 Å². The molecule has 69 valence electrons. The molecule has 0 saturated carbocycles. The van der Waals surface area contributed by atoms with Gasteiger partial charge in [-0.25, -0.2) is 0 Å². The lowest BCUT2D eigenvalue weighted by molar-refractivity contribution is 0.293. The van der Waals surface area contributed by atoms with E-state index in [2.05, 4.69) is 4.90 Å². The summed E-state index contributed by atoms with van der Waals surface area (Å²) in [5, 5.41) is 0. The van der Waals surface area contributed by atoms with Crippen LogP contribution in [-0.4, -0.2) is 46.9 Å². The fourth-order valence-electron chi connectivity index (χ4n) is 1.27. The number of hydrogen-bond acceptors (Lipinski definition) is 3. The quantitative estimate of drug-likeness (QED) is 0.458.